The standard InChI is InChI=1S/C23H44N2O/c1-3-4-5-6-7-8-9-10-11-12-13-14-15-16-17-18-19-23-24-20-21-25(23)22(2)26/h3-4,22,26H,5-21H2,1-2H3/b4-3+. The van der Waals surface area contributed by atoms with Gasteiger partial charge >= 0.3 is 0 Å². The number of aliphatic hydroxyl groups excluding tert-OH is 1. The molecule has 1 aliphatic heterocycles. The number of allylic oxidation sites excluding steroid dienone is 2. The number of rotatable bonds is 17. The second-order valence-electron chi connectivity index (χ2n) is 7.83. The van der Waals surface area contributed by atoms with Crippen LogP contribution in [-0.2, 0) is 0 Å². The molecular weight excluding hydrogens is 320 g/mol. The third-order valence-corrected chi connectivity index (χ3v) is 5.42. The van der Waals surface area contributed by atoms with E-state index in [4.69, 9.17) is 0 Å². The first-order chi connectivity index (χ1) is 12.8. The van der Waals surface area contributed by atoms with Crippen molar-refractivity contribution in [1.29, 1.82) is 0 Å². The van der Waals surface area contributed by atoms with Gasteiger partial charge in [0, 0.05) is 13.0 Å². The summed E-state index contributed by atoms with van der Waals surface area (Å²) in [6.45, 7) is 5.70. The Hall–Kier alpha value is -0.830. The van der Waals surface area contributed by atoms with E-state index in [0.29, 0.717) is 0 Å². The van der Waals surface area contributed by atoms with Gasteiger partial charge in [0.1, 0.15) is 12.1 Å². The minimum Gasteiger partial charge on any atom is -0.374 e. The Morgan fingerprint density at radius 3 is 1.88 bits per heavy atom. The first kappa shape index (κ1) is 23.2. The van der Waals surface area contributed by atoms with Gasteiger partial charge in [0.15, 0.2) is 0 Å². The molecule has 3 nitrogen and oxygen atoms in total. The molecule has 152 valence electrons. The molecular formula is C23H44N2O. The SMILES string of the molecule is C/C=C/CCCCCCCCCCCCCCCC1=NCCN1C(C)O. The molecule has 1 unspecified atom stereocenters. The zero-order valence-electron chi connectivity index (χ0n) is 17.6. The molecule has 1 rings (SSSR count). The summed E-state index contributed by atoms with van der Waals surface area (Å²) in [7, 11) is 0. The van der Waals surface area contributed by atoms with Gasteiger partial charge in [-0.3, -0.25) is 4.99 Å². The highest BCUT2D eigenvalue weighted by atomic mass is 16.3. The van der Waals surface area contributed by atoms with E-state index in [9.17, 15) is 5.11 Å². The molecule has 0 spiro atoms. The minimum atomic E-state index is -0.380. The number of aliphatic hydroxyl groups is 1. The van der Waals surface area contributed by atoms with Crippen LogP contribution in [0, 0.1) is 0 Å². The lowest BCUT2D eigenvalue weighted by Gasteiger charge is -2.23. The lowest BCUT2D eigenvalue weighted by Crippen LogP contribution is -2.35. The van der Waals surface area contributed by atoms with Crippen LogP contribution in [0.3, 0.4) is 0 Å². The van der Waals surface area contributed by atoms with Gasteiger partial charge in [-0.2, -0.15) is 0 Å². The molecule has 0 radical (unpaired) electrons. The molecule has 0 aromatic rings. The minimum absolute atomic E-state index is 0.380. The van der Waals surface area contributed by atoms with Crippen molar-refractivity contribution >= 4 is 5.84 Å². The molecule has 0 aromatic heterocycles. The Balaban J connectivity index is 1.77. The van der Waals surface area contributed by atoms with Crippen LogP contribution in [0.25, 0.3) is 0 Å². The largest absolute Gasteiger partial charge is 0.374 e. The Kier molecular flexibility index (Phi) is 14.6. The van der Waals surface area contributed by atoms with Crippen molar-refractivity contribution in [1.82, 2.24) is 4.90 Å². The van der Waals surface area contributed by atoms with Crippen molar-refractivity contribution in [2.24, 2.45) is 4.99 Å². The van der Waals surface area contributed by atoms with Gasteiger partial charge in [-0.05, 0) is 33.1 Å². The van der Waals surface area contributed by atoms with Gasteiger partial charge in [-0.25, -0.2) is 0 Å². The average Bonchev–Trinajstić information content (AvgIpc) is 3.10. The predicted octanol–water partition coefficient (Wildman–Crippen LogP) is 6.47. The summed E-state index contributed by atoms with van der Waals surface area (Å²) in [4.78, 5) is 6.57. The highest BCUT2D eigenvalue weighted by Crippen LogP contribution is 2.15. The molecule has 0 fully saturated rings. The molecule has 1 heterocycles. The van der Waals surface area contributed by atoms with Crippen LogP contribution in [0.4, 0.5) is 0 Å². The topological polar surface area (TPSA) is 35.8 Å². The molecule has 3 heteroatoms. The summed E-state index contributed by atoms with van der Waals surface area (Å²) in [5.74, 6) is 1.13. The Morgan fingerprint density at radius 1 is 0.885 bits per heavy atom. The van der Waals surface area contributed by atoms with Crippen LogP contribution in [0.2, 0.25) is 0 Å². The predicted molar refractivity (Wildman–Crippen MR) is 115 cm³/mol. The molecule has 1 aliphatic rings. The molecule has 1 atom stereocenters. The normalized spacial score (nSPS) is 15.8. The smallest absolute Gasteiger partial charge is 0.125 e. The Labute approximate surface area is 163 Å². The second-order valence-corrected chi connectivity index (χ2v) is 7.83. The summed E-state index contributed by atoms with van der Waals surface area (Å²) in [6.07, 6.45) is 24.4. The van der Waals surface area contributed by atoms with Crippen LogP contribution in [0.5, 0.6) is 0 Å². The third-order valence-electron chi connectivity index (χ3n) is 5.42. The number of aliphatic imine (C=N–C) groups is 1. The lowest BCUT2D eigenvalue weighted by atomic mass is 10.0. The average molecular weight is 365 g/mol. The maximum absolute atomic E-state index is 9.70. The third kappa shape index (κ3) is 11.7. The summed E-state index contributed by atoms with van der Waals surface area (Å²) < 4.78 is 0. The zero-order valence-corrected chi connectivity index (χ0v) is 17.6. The maximum Gasteiger partial charge on any atom is 0.125 e. The zero-order chi connectivity index (χ0) is 18.9. The fraction of sp³-hybridized carbons (Fsp3) is 0.870. The van der Waals surface area contributed by atoms with Crippen LogP contribution in [0.1, 0.15) is 110 Å². The van der Waals surface area contributed by atoms with Crippen LogP contribution in [0.15, 0.2) is 17.1 Å². The van der Waals surface area contributed by atoms with E-state index in [1.165, 1.54) is 89.9 Å². The van der Waals surface area contributed by atoms with E-state index in [1.54, 1.807) is 0 Å². The van der Waals surface area contributed by atoms with Gasteiger partial charge in [0.05, 0.1) is 6.54 Å². The van der Waals surface area contributed by atoms with Crippen LogP contribution >= 0.6 is 0 Å². The maximum atomic E-state index is 9.70. The molecule has 1 N–H and O–H groups in total. The van der Waals surface area contributed by atoms with Crippen molar-refractivity contribution in [3.8, 4) is 0 Å². The Bertz CT molecular complexity index is 376. The van der Waals surface area contributed by atoms with Crippen molar-refractivity contribution in [2.45, 2.75) is 116 Å². The van der Waals surface area contributed by atoms with Gasteiger partial charge < -0.3 is 10.0 Å². The molecule has 0 amide bonds. The van der Waals surface area contributed by atoms with E-state index in [-0.39, 0.29) is 6.23 Å². The molecule has 0 saturated heterocycles. The van der Waals surface area contributed by atoms with Gasteiger partial charge in [-0.1, -0.05) is 82.8 Å². The van der Waals surface area contributed by atoms with Crippen molar-refractivity contribution in [3.63, 3.8) is 0 Å². The fourth-order valence-electron chi connectivity index (χ4n) is 3.79. The first-order valence-electron chi connectivity index (χ1n) is 11.3. The molecule has 0 saturated carbocycles. The number of amidine groups is 1. The molecule has 0 bridgehead atoms. The van der Waals surface area contributed by atoms with Crippen molar-refractivity contribution in [2.75, 3.05) is 13.1 Å². The van der Waals surface area contributed by atoms with Gasteiger partial charge in [0.25, 0.3) is 0 Å². The van der Waals surface area contributed by atoms with E-state index >= 15 is 0 Å². The molecule has 0 aromatic carbocycles. The van der Waals surface area contributed by atoms with Crippen LogP contribution < -0.4 is 0 Å². The molecule has 0 aliphatic carbocycles. The van der Waals surface area contributed by atoms with Crippen LogP contribution in [-0.4, -0.2) is 35.2 Å². The highest BCUT2D eigenvalue weighted by molar-refractivity contribution is 5.83. The van der Waals surface area contributed by atoms with E-state index < -0.39 is 0 Å². The van der Waals surface area contributed by atoms with Crippen molar-refractivity contribution in [3.05, 3.63) is 12.2 Å². The quantitative estimate of drug-likeness (QED) is 0.237. The van der Waals surface area contributed by atoms with Gasteiger partial charge in [-0.15, -0.1) is 0 Å². The number of hydrogen-bond acceptors (Lipinski definition) is 3. The highest BCUT2D eigenvalue weighted by Gasteiger charge is 2.19. The van der Waals surface area contributed by atoms with E-state index in [1.807, 2.05) is 11.8 Å². The first-order valence-corrected chi connectivity index (χ1v) is 11.3. The fourth-order valence-corrected chi connectivity index (χ4v) is 3.79. The number of hydrogen-bond donors (Lipinski definition) is 1. The summed E-state index contributed by atoms with van der Waals surface area (Å²) >= 11 is 0. The Morgan fingerprint density at radius 2 is 1.38 bits per heavy atom. The summed E-state index contributed by atoms with van der Waals surface area (Å²) in [5, 5.41) is 9.70. The summed E-state index contributed by atoms with van der Waals surface area (Å²) in [5.41, 5.74) is 0. The van der Waals surface area contributed by atoms with Crippen molar-refractivity contribution < 1.29 is 5.11 Å². The van der Waals surface area contributed by atoms with E-state index in [2.05, 4.69) is 24.1 Å². The number of nitrogens with zero attached hydrogens (tertiary/aromatic N) is 2. The molecule has 26 heavy (non-hydrogen) atoms. The lowest BCUT2D eigenvalue weighted by molar-refractivity contribution is 0.0766. The monoisotopic (exact) mass is 364 g/mol. The second kappa shape index (κ2) is 16.4. The van der Waals surface area contributed by atoms with E-state index in [0.717, 1.165) is 25.3 Å². The number of unbranched alkanes of at least 4 members (excludes halogenated alkanes) is 13. The van der Waals surface area contributed by atoms with Gasteiger partial charge in [0.2, 0.25) is 0 Å². The summed E-state index contributed by atoms with van der Waals surface area (Å²) in [6, 6.07) is 0.